The molecule has 0 saturated carbocycles. The Labute approximate surface area is 95.6 Å². The maximum absolute atomic E-state index is 5.58. The van der Waals surface area contributed by atoms with Crippen molar-refractivity contribution < 1.29 is 21.6 Å². The zero-order valence-corrected chi connectivity index (χ0v) is 11.1. The predicted molar refractivity (Wildman–Crippen MR) is 57.8 cm³/mol. The van der Waals surface area contributed by atoms with E-state index in [1.165, 1.54) is 13.1 Å². The molecule has 0 amide bonds. The average Bonchev–Trinajstić information content (AvgIpc) is 2.12. The van der Waals surface area contributed by atoms with Crippen LogP contribution in [0.3, 0.4) is 0 Å². The van der Waals surface area contributed by atoms with E-state index in [-0.39, 0.29) is 12.4 Å². The standard InChI is InChI=1S/C11H26NO.ClH/c1-6-12(5,7-2)8-9-13-10-11(3)4;/h11H,6-10H2,1-5H3;1H/q+1;/p-1. The summed E-state index contributed by atoms with van der Waals surface area (Å²) in [6.45, 7) is 14.2. The van der Waals surface area contributed by atoms with Crippen LogP contribution in [0.15, 0.2) is 0 Å². The zero-order valence-electron chi connectivity index (χ0n) is 10.3. The molecule has 3 heteroatoms. The Morgan fingerprint density at radius 2 is 1.64 bits per heavy atom. The molecule has 0 radical (unpaired) electrons. The minimum atomic E-state index is 0. The van der Waals surface area contributed by atoms with Gasteiger partial charge in [-0.15, -0.1) is 0 Å². The van der Waals surface area contributed by atoms with E-state index < -0.39 is 0 Å². The van der Waals surface area contributed by atoms with Gasteiger partial charge in [0.2, 0.25) is 0 Å². The van der Waals surface area contributed by atoms with Gasteiger partial charge in [-0.1, -0.05) is 13.8 Å². The second-order valence-electron chi connectivity index (χ2n) is 4.44. The number of ether oxygens (including phenoxy) is 1. The molecule has 0 aliphatic rings. The first-order valence-corrected chi connectivity index (χ1v) is 5.45. The molecular formula is C11H26ClNO. The van der Waals surface area contributed by atoms with Crippen LogP contribution >= 0.6 is 0 Å². The van der Waals surface area contributed by atoms with Crippen LogP contribution in [0.2, 0.25) is 0 Å². The lowest BCUT2D eigenvalue weighted by atomic mass is 10.2. The maximum atomic E-state index is 5.58. The lowest BCUT2D eigenvalue weighted by Crippen LogP contribution is -3.00. The molecule has 0 aromatic carbocycles. The Balaban J connectivity index is 0. The summed E-state index contributed by atoms with van der Waals surface area (Å²) in [6, 6.07) is 0. The van der Waals surface area contributed by atoms with Crippen LogP contribution in [-0.2, 0) is 4.74 Å². The average molecular weight is 224 g/mol. The van der Waals surface area contributed by atoms with E-state index in [4.69, 9.17) is 4.74 Å². The molecule has 0 aliphatic carbocycles. The molecule has 0 atom stereocenters. The fraction of sp³-hybridized carbons (Fsp3) is 1.00. The lowest BCUT2D eigenvalue weighted by molar-refractivity contribution is -0.906. The summed E-state index contributed by atoms with van der Waals surface area (Å²) in [7, 11) is 2.29. The molecule has 0 bridgehead atoms. The number of rotatable bonds is 7. The SMILES string of the molecule is CC[N+](C)(CC)CCOCC(C)C.[Cl-]. The van der Waals surface area contributed by atoms with Crippen molar-refractivity contribution in [1.29, 1.82) is 0 Å². The fourth-order valence-corrected chi connectivity index (χ4v) is 1.14. The third-order valence-corrected chi connectivity index (χ3v) is 2.75. The molecule has 0 N–H and O–H groups in total. The van der Waals surface area contributed by atoms with Gasteiger partial charge in [0.1, 0.15) is 6.54 Å². The number of halogens is 1. The zero-order chi connectivity index (χ0) is 10.3. The summed E-state index contributed by atoms with van der Waals surface area (Å²) in [6.07, 6.45) is 0. The van der Waals surface area contributed by atoms with Gasteiger partial charge in [0, 0.05) is 6.61 Å². The van der Waals surface area contributed by atoms with Crippen molar-refractivity contribution in [1.82, 2.24) is 0 Å². The smallest absolute Gasteiger partial charge is 0.102 e. The second kappa shape index (κ2) is 8.51. The van der Waals surface area contributed by atoms with Crippen LogP contribution in [0, 0.1) is 5.92 Å². The molecule has 0 aromatic heterocycles. The Hall–Kier alpha value is 0.210. The van der Waals surface area contributed by atoms with Crippen LogP contribution in [0.1, 0.15) is 27.7 Å². The first-order chi connectivity index (χ1) is 6.04. The molecule has 0 fully saturated rings. The Morgan fingerprint density at radius 1 is 1.14 bits per heavy atom. The summed E-state index contributed by atoms with van der Waals surface area (Å²) >= 11 is 0. The molecule has 0 heterocycles. The van der Waals surface area contributed by atoms with Gasteiger partial charge >= 0.3 is 0 Å². The molecule has 14 heavy (non-hydrogen) atoms. The number of hydrogen-bond acceptors (Lipinski definition) is 1. The highest BCUT2D eigenvalue weighted by atomic mass is 35.5. The van der Waals surface area contributed by atoms with E-state index in [1.807, 2.05) is 0 Å². The van der Waals surface area contributed by atoms with Crippen LogP contribution in [-0.4, -0.2) is 44.4 Å². The van der Waals surface area contributed by atoms with Gasteiger partial charge in [0.25, 0.3) is 0 Å². The largest absolute Gasteiger partial charge is 1.00 e. The van der Waals surface area contributed by atoms with Gasteiger partial charge < -0.3 is 21.6 Å². The van der Waals surface area contributed by atoms with E-state index in [1.54, 1.807) is 0 Å². The lowest BCUT2D eigenvalue weighted by Gasteiger charge is -2.31. The van der Waals surface area contributed by atoms with Crippen molar-refractivity contribution in [2.75, 3.05) is 39.9 Å². The summed E-state index contributed by atoms with van der Waals surface area (Å²) < 4.78 is 6.70. The normalized spacial score (nSPS) is 11.6. The van der Waals surface area contributed by atoms with E-state index >= 15 is 0 Å². The second-order valence-corrected chi connectivity index (χ2v) is 4.44. The molecular weight excluding hydrogens is 198 g/mol. The molecule has 0 rings (SSSR count). The quantitative estimate of drug-likeness (QED) is 0.404. The Bertz CT molecular complexity index is 124. The third-order valence-electron chi connectivity index (χ3n) is 2.75. The summed E-state index contributed by atoms with van der Waals surface area (Å²) in [5, 5.41) is 0. The van der Waals surface area contributed by atoms with Crippen LogP contribution in [0.4, 0.5) is 0 Å². The Kier molecular flexibility index (Phi) is 10.1. The van der Waals surface area contributed by atoms with Crippen molar-refractivity contribution >= 4 is 0 Å². The number of nitrogens with zero attached hydrogens (tertiary/aromatic N) is 1. The monoisotopic (exact) mass is 223 g/mol. The van der Waals surface area contributed by atoms with Crippen LogP contribution in [0.25, 0.3) is 0 Å². The minimum Gasteiger partial charge on any atom is -1.00 e. The van der Waals surface area contributed by atoms with Crippen molar-refractivity contribution in [2.45, 2.75) is 27.7 Å². The highest BCUT2D eigenvalue weighted by Crippen LogP contribution is 2.01. The molecule has 2 nitrogen and oxygen atoms in total. The van der Waals surface area contributed by atoms with Gasteiger partial charge in [-0.3, -0.25) is 0 Å². The summed E-state index contributed by atoms with van der Waals surface area (Å²) in [5.74, 6) is 0.655. The van der Waals surface area contributed by atoms with E-state index in [0.717, 1.165) is 24.2 Å². The third kappa shape index (κ3) is 7.60. The molecule has 0 spiro atoms. The van der Waals surface area contributed by atoms with Crippen molar-refractivity contribution in [3.05, 3.63) is 0 Å². The van der Waals surface area contributed by atoms with Gasteiger partial charge in [-0.05, 0) is 19.8 Å². The van der Waals surface area contributed by atoms with Crippen LogP contribution < -0.4 is 12.4 Å². The van der Waals surface area contributed by atoms with Crippen molar-refractivity contribution in [3.63, 3.8) is 0 Å². The molecule has 88 valence electrons. The Morgan fingerprint density at radius 3 is 2.00 bits per heavy atom. The first-order valence-electron chi connectivity index (χ1n) is 5.45. The number of likely N-dealkylation sites (N-methyl/N-ethyl adjacent to an activating group) is 1. The number of quaternary nitrogens is 1. The van der Waals surface area contributed by atoms with Crippen LogP contribution in [0.5, 0.6) is 0 Å². The van der Waals surface area contributed by atoms with E-state index in [2.05, 4.69) is 34.7 Å². The molecule has 0 saturated heterocycles. The summed E-state index contributed by atoms with van der Waals surface area (Å²) in [4.78, 5) is 0. The highest BCUT2D eigenvalue weighted by Gasteiger charge is 2.15. The van der Waals surface area contributed by atoms with Gasteiger partial charge in [-0.25, -0.2) is 0 Å². The van der Waals surface area contributed by atoms with E-state index in [0.29, 0.717) is 5.92 Å². The number of hydrogen-bond donors (Lipinski definition) is 0. The van der Waals surface area contributed by atoms with Gasteiger partial charge in [0.15, 0.2) is 0 Å². The minimum absolute atomic E-state index is 0. The molecule has 0 unspecified atom stereocenters. The predicted octanol–water partition coefficient (Wildman–Crippen LogP) is -0.851. The van der Waals surface area contributed by atoms with Crippen molar-refractivity contribution in [2.24, 2.45) is 5.92 Å². The maximum Gasteiger partial charge on any atom is 0.102 e. The highest BCUT2D eigenvalue weighted by molar-refractivity contribution is 4.40. The van der Waals surface area contributed by atoms with Crippen molar-refractivity contribution in [3.8, 4) is 0 Å². The molecule has 0 aromatic rings. The summed E-state index contributed by atoms with van der Waals surface area (Å²) in [5.41, 5.74) is 0. The van der Waals surface area contributed by atoms with Gasteiger partial charge in [0.05, 0.1) is 26.7 Å². The topological polar surface area (TPSA) is 9.23 Å². The fourth-order valence-electron chi connectivity index (χ4n) is 1.14. The van der Waals surface area contributed by atoms with Gasteiger partial charge in [-0.2, -0.15) is 0 Å². The van der Waals surface area contributed by atoms with E-state index in [9.17, 15) is 0 Å². The molecule has 0 aliphatic heterocycles. The first kappa shape index (κ1) is 16.6.